The number of rotatable bonds is 5. The van der Waals surface area contributed by atoms with Gasteiger partial charge in [0.2, 0.25) is 0 Å². The van der Waals surface area contributed by atoms with Crippen LogP contribution in [0.3, 0.4) is 0 Å². The normalized spacial score (nSPS) is 12.5. The maximum atomic E-state index is 12.7. The number of halogens is 1. The maximum Gasteiger partial charge on any atom is 0.123 e. The van der Waals surface area contributed by atoms with Crippen LogP contribution in [0.1, 0.15) is 31.9 Å². The van der Waals surface area contributed by atoms with Crippen LogP contribution in [0, 0.1) is 5.82 Å². The third kappa shape index (κ3) is 3.84. The lowest BCUT2D eigenvalue weighted by Gasteiger charge is -2.14. The third-order valence-electron chi connectivity index (χ3n) is 2.53. The average Bonchev–Trinajstić information content (AvgIpc) is 2.26. The van der Waals surface area contributed by atoms with Gasteiger partial charge in [0, 0.05) is 12.6 Å². The van der Waals surface area contributed by atoms with E-state index in [1.807, 2.05) is 12.1 Å². The molecule has 1 N–H and O–H groups in total. The minimum absolute atomic E-state index is 0.191. The second-order valence-corrected chi connectivity index (χ2v) is 3.76. The Morgan fingerprint density at radius 3 is 2.53 bits per heavy atom. The molecule has 1 aromatic carbocycles. The van der Waals surface area contributed by atoms with Gasteiger partial charge < -0.3 is 5.32 Å². The molecule has 82 valence electrons. The van der Waals surface area contributed by atoms with E-state index in [1.165, 1.54) is 17.7 Å². The maximum absolute atomic E-state index is 12.7. The van der Waals surface area contributed by atoms with E-state index in [4.69, 9.17) is 0 Å². The zero-order chi connectivity index (χ0) is 11.3. The topological polar surface area (TPSA) is 12.0 Å². The first-order valence-electron chi connectivity index (χ1n) is 5.29. The van der Waals surface area contributed by atoms with Crippen molar-refractivity contribution in [1.29, 1.82) is 0 Å². The molecule has 1 nitrogen and oxygen atoms in total. The summed E-state index contributed by atoms with van der Waals surface area (Å²) < 4.78 is 12.7. The van der Waals surface area contributed by atoms with E-state index in [-0.39, 0.29) is 11.9 Å². The number of hydrogen-bond donors (Lipinski definition) is 1. The lowest BCUT2D eigenvalue weighted by atomic mass is 10.1. The highest BCUT2D eigenvalue weighted by Gasteiger charge is 2.04. The highest BCUT2D eigenvalue weighted by molar-refractivity contribution is 5.19. The van der Waals surface area contributed by atoms with Gasteiger partial charge in [-0.2, -0.15) is 0 Å². The Labute approximate surface area is 91.0 Å². The zero-order valence-corrected chi connectivity index (χ0v) is 9.39. The van der Waals surface area contributed by atoms with Gasteiger partial charge in [-0.3, -0.25) is 0 Å². The lowest BCUT2D eigenvalue weighted by Crippen LogP contribution is -2.20. The van der Waals surface area contributed by atoms with E-state index >= 15 is 0 Å². The Balaban J connectivity index is 2.50. The van der Waals surface area contributed by atoms with Crippen LogP contribution in [-0.2, 0) is 0 Å². The van der Waals surface area contributed by atoms with Crippen LogP contribution >= 0.6 is 0 Å². The van der Waals surface area contributed by atoms with Gasteiger partial charge in [0.25, 0.3) is 0 Å². The molecule has 15 heavy (non-hydrogen) atoms. The summed E-state index contributed by atoms with van der Waals surface area (Å²) in [5.41, 5.74) is 2.28. The summed E-state index contributed by atoms with van der Waals surface area (Å²) >= 11 is 0. The molecule has 0 heterocycles. The van der Waals surface area contributed by atoms with Gasteiger partial charge in [0.05, 0.1) is 0 Å². The smallest absolute Gasteiger partial charge is 0.123 e. The molecule has 1 aromatic rings. The quantitative estimate of drug-likeness (QED) is 0.729. The van der Waals surface area contributed by atoms with Crippen molar-refractivity contribution in [3.8, 4) is 0 Å². The molecule has 0 amide bonds. The molecule has 0 bridgehead atoms. The van der Waals surface area contributed by atoms with E-state index in [2.05, 4.69) is 25.7 Å². The van der Waals surface area contributed by atoms with E-state index in [1.54, 1.807) is 0 Å². The van der Waals surface area contributed by atoms with Gasteiger partial charge in [0.15, 0.2) is 0 Å². The standard InChI is InChI=1S/C13H18FN/c1-4-10(2)9-15-11(3)12-5-7-13(14)8-6-12/h5-8,11,15H,2,4,9H2,1,3H3/t11-/m1/s1. The summed E-state index contributed by atoms with van der Waals surface area (Å²) in [5, 5.41) is 3.35. The van der Waals surface area contributed by atoms with Crippen molar-refractivity contribution >= 4 is 0 Å². The predicted molar refractivity (Wildman–Crippen MR) is 62.2 cm³/mol. The first-order valence-corrected chi connectivity index (χ1v) is 5.29. The number of nitrogens with one attached hydrogen (secondary N) is 1. The molecule has 0 spiro atoms. The molecule has 0 radical (unpaired) electrons. The predicted octanol–water partition coefficient (Wildman–Crippen LogP) is 3.44. The van der Waals surface area contributed by atoms with Crippen molar-refractivity contribution in [2.45, 2.75) is 26.3 Å². The molecule has 1 atom stereocenters. The van der Waals surface area contributed by atoms with Crippen molar-refractivity contribution in [3.05, 3.63) is 47.8 Å². The molecule has 0 aromatic heterocycles. The van der Waals surface area contributed by atoms with Crippen LogP contribution in [-0.4, -0.2) is 6.54 Å². The largest absolute Gasteiger partial charge is 0.306 e. The van der Waals surface area contributed by atoms with E-state index in [0.29, 0.717) is 0 Å². The monoisotopic (exact) mass is 207 g/mol. The van der Waals surface area contributed by atoms with E-state index in [0.717, 1.165) is 18.5 Å². The molecule has 1 rings (SSSR count). The van der Waals surface area contributed by atoms with Crippen molar-refractivity contribution in [1.82, 2.24) is 5.32 Å². The Morgan fingerprint density at radius 2 is 2.00 bits per heavy atom. The lowest BCUT2D eigenvalue weighted by molar-refractivity contribution is 0.595. The zero-order valence-electron chi connectivity index (χ0n) is 9.39. The minimum atomic E-state index is -0.191. The molecule has 0 saturated carbocycles. The van der Waals surface area contributed by atoms with E-state index < -0.39 is 0 Å². The highest BCUT2D eigenvalue weighted by Crippen LogP contribution is 2.13. The van der Waals surface area contributed by atoms with Crippen LogP contribution in [0.25, 0.3) is 0 Å². The molecule has 0 saturated heterocycles. The summed E-state index contributed by atoms with van der Waals surface area (Å²) in [7, 11) is 0. The van der Waals surface area contributed by atoms with Crippen LogP contribution in [0.4, 0.5) is 4.39 Å². The molecule has 0 aliphatic heterocycles. The molecule has 0 unspecified atom stereocenters. The van der Waals surface area contributed by atoms with Gasteiger partial charge in [-0.25, -0.2) is 4.39 Å². The van der Waals surface area contributed by atoms with Gasteiger partial charge in [0.1, 0.15) is 5.82 Å². The molecule has 2 heteroatoms. The Bertz CT molecular complexity index is 316. The summed E-state index contributed by atoms with van der Waals surface area (Å²) in [5.74, 6) is -0.191. The van der Waals surface area contributed by atoms with Crippen molar-refractivity contribution in [2.24, 2.45) is 0 Å². The molecule has 0 aliphatic rings. The Morgan fingerprint density at radius 1 is 1.40 bits per heavy atom. The van der Waals surface area contributed by atoms with Crippen LogP contribution < -0.4 is 5.32 Å². The Hall–Kier alpha value is -1.15. The van der Waals surface area contributed by atoms with Crippen molar-refractivity contribution < 1.29 is 4.39 Å². The fraction of sp³-hybridized carbons (Fsp3) is 0.385. The number of benzene rings is 1. The summed E-state index contributed by atoms with van der Waals surface area (Å²) in [6.45, 7) is 8.90. The first-order chi connectivity index (χ1) is 7.13. The summed E-state index contributed by atoms with van der Waals surface area (Å²) in [6.07, 6.45) is 0.989. The van der Waals surface area contributed by atoms with Gasteiger partial charge in [-0.1, -0.05) is 31.2 Å². The fourth-order valence-electron chi connectivity index (χ4n) is 1.29. The molecule has 0 fully saturated rings. The first kappa shape index (κ1) is 11.9. The SMILES string of the molecule is C=C(CC)CN[C@H](C)c1ccc(F)cc1. The minimum Gasteiger partial charge on any atom is -0.306 e. The number of hydrogen-bond acceptors (Lipinski definition) is 1. The van der Waals surface area contributed by atoms with Gasteiger partial charge in [-0.05, 0) is 31.0 Å². The van der Waals surface area contributed by atoms with Crippen LogP contribution in [0.15, 0.2) is 36.4 Å². The summed E-state index contributed by atoms with van der Waals surface area (Å²) in [6, 6.07) is 6.82. The molecular weight excluding hydrogens is 189 g/mol. The molecular formula is C13H18FN. The fourth-order valence-corrected chi connectivity index (χ4v) is 1.29. The highest BCUT2D eigenvalue weighted by atomic mass is 19.1. The van der Waals surface area contributed by atoms with Gasteiger partial charge in [-0.15, -0.1) is 0 Å². The van der Waals surface area contributed by atoms with Crippen LogP contribution in [0.5, 0.6) is 0 Å². The van der Waals surface area contributed by atoms with Crippen LogP contribution in [0.2, 0.25) is 0 Å². The van der Waals surface area contributed by atoms with Crippen molar-refractivity contribution in [3.63, 3.8) is 0 Å². The van der Waals surface area contributed by atoms with Crippen molar-refractivity contribution in [2.75, 3.05) is 6.54 Å². The summed E-state index contributed by atoms with van der Waals surface area (Å²) in [4.78, 5) is 0. The molecule has 0 aliphatic carbocycles. The average molecular weight is 207 g/mol. The second-order valence-electron chi connectivity index (χ2n) is 3.76. The Kier molecular flexibility index (Phi) is 4.50. The third-order valence-corrected chi connectivity index (χ3v) is 2.53. The second kappa shape index (κ2) is 5.66. The van der Waals surface area contributed by atoms with E-state index in [9.17, 15) is 4.39 Å². The van der Waals surface area contributed by atoms with Gasteiger partial charge >= 0.3 is 0 Å².